The van der Waals surface area contributed by atoms with Gasteiger partial charge in [-0.25, -0.2) is 9.78 Å². The van der Waals surface area contributed by atoms with E-state index in [1.54, 1.807) is 30.0 Å². The molecule has 0 aliphatic rings. The molecule has 0 fully saturated rings. The molecular formula is C14H14BrNO2S2. The fourth-order valence-corrected chi connectivity index (χ4v) is 4.02. The van der Waals surface area contributed by atoms with Crippen molar-refractivity contribution in [1.82, 2.24) is 4.98 Å². The van der Waals surface area contributed by atoms with Gasteiger partial charge in [-0.05, 0) is 32.0 Å². The molecule has 0 unspecified atom stereocenters. The lowest BCUT2D eigenvalue weighted by Crippen LogP contribution is -2.06. The second-order valence-electron chi connectivity index (χ2n) is 3.98. The van der Waals surface area contributed by atoms with Gasteiger partial charge in [0.05, 0.1) is 12.4 Å². The molecule has 1 aromatic heterocycles. The lowest BCUT2D eigenvalue weighted by molar-refractivity contribution is 0.0519. The van der Waals surface area contributed by atoms with Crippen LogP contribution in [0.3, 0.4) is 0 Å². The largest absolute Gasteiger partial charge is 0.461 e. The van der Waals surface area contributed by atoms with Crippen molar-refractivity contribution in [2.24, 2.45) is 0 Å². The third kappa shape index (κ3) is 4.07. The van der Waals surface area contributed by atoms with Gasteiger partial charge in [0.2, 0.25) is 0 Å². The standard InChI is InChI=1S/C14H14BrNO2S2/c1-3-18-14(17)13-9(2)20-12(16-13)8-19-11-6-4-5-10(15)7-11/h4-7H,3,8H2,1-2H3. The highest BCUT2D eigenvalue weighted by atomic mass is 79.9. The van der Waals surface area contributed by atoms with Gasteiger partial charge < -0.3 is 4.74 Å². The number of hydrogen-bond donors (Lipinski definition) is 0. The van der Waals surface area contributed by atoms with E-state index in [4.69, 9.17) is 4.74 Å². The van der Waals surface area contributed by atoms with Crippen molar-refractivity contribution in [2.45, 2.75) is 24.5 Å². The minimum Gasteiger partial charge on any atom is -0.461 e. The third-order valence-corrected chi connectivity index (χ3v) is 5.12. The molecule has 0 aliphatic carbocycles. The summed E-state index contributed by atoms with van der Waals surface area (Å²) in [5.41, 5.74) is 0.446. The van der Waals surface area contributed by atoms with E-state index in [-0.39, 0.29) is 5.97 Å². The molecule has 0 spiro atoms. The van der Waals surface area contributed by atoms with E-state index >= 15 is 0 Å². The first-order chi connectivity index (χ1) is 9.60. The third-order valence-electron chi connectivity index (χ3n) is 2.47. The Kier molecular flexibility index (Phi) is 5.63. The molecule has 2 rings (SSSR count). The fourth-order valence-electron chi connectivity index (χ4n) is 1.60. The van der Waals surface area contributed by atoms with Crippen LogP contribution in [0.25, 0.3) is 0 Å². The molecule has 1 heterocycles. The highest BCUT2D eigenvalue weighted by Gasteiger charge is 2.16. The summed E-state index contributed by atoms with van der Waals surface area (Å²) in [4.78, 5) is 18.2. The predicted molar refractivity (Wildman–Crippen MR) is 86.5 cm³/mol. The van der Waals surface area contributed by atoms with Gasteiger partial charge in [-0.1, -0.05) is 22.0 Å². The average molecular weight is 372 g/mol. The summed E-state index contributed by atoms with van der Waals surface area (Å²) in [5.74, 6) is 0.418. The normalized spacial score (nSPS) is 10.6. The van der Waals surface area contributed by atoms with E-state index < -0.39 is 0 Å². The minimum absolute atomic E-state index is 0.333. The zero-order valence-corrected chi connectivity index (χ0v) is 14.4. The summed E-state index contributed by atoms with van der Waals surface area (Å²) in [6.45, 7) is 4.07. The number of thiazole rings is 1. The van der Waals surface area contributed by atoms with Crippen molar-refractivity contribution < 1.29 is 9.53 Å². The highest BCUT2D eigenvalue weighted by Crippen LogP contribution is 2.28. The van der Waals surface area contributed by atoms with Crippen molar-refractivity contribution in [3.63, 3.8) is 0 Å². The van der Waals surface area contributed by atoms with Gasteiger partial charge >= 0.3 is 5.97 Å². The van der Waals surface area contributed by atoms with Crippen LogP contribution in [0.1, 0.15) is 27.3 Å². The number of carbonyl (C=O) groups excluding carboxylic acids is 1. The van der Waals surface area contributed by atoms with Crippen LogP contribution >= 0.6 is 39.0 Å². The van der Waals surface area contributed by atoms with Gasteiger partial charge in [-0.2, -0.15) is 0 Å². The van der Waals surface area contributed by atoms with Crippen LogP contribution in [-0.4, -0.2) is 17.6 Å². The minimum atomic E-state index is -0.333. The van der Waals surface area contributed by atoms with Gasteiger partial charge in [0, 0.05) is 14.2 Å². The molecule has 0 N–H and O–H groups in total. The summed E-state index contributed by atoms with van der Waals surface area (Å²) >= 11 is 6.70. The SMILES string of the molecule is CCOC(=O)c1nc(CSc2cccc(Br)c2)sc1C. The number of benzene rings is 1. The Labute approximate surface area is 134 Å². The Morgan fingerprint density at radius 2 is 2.30 bits per heavy atom. The molecule has 0 atom stereocenters. The lowest BCUT2D eigenvalue weighted by atomic mass is 10.4. The van der Waals surface area contributed by atoms with Crippen LogP contribution in [-0.2, 0) is 10.5 Å². The van der Waals surface area contributed by atoms with Crippen molar-refractivity contribution in [3.05, 3.63) is 44.3 Å². The Hall–Kier alpha value is -0.850. The first-order valence-electron chi connectivity index (χ1n) is 6.12. The van der Waals surface area contributed by atoms with Crippen LogP contribution in [0.5, 0.6) is 0 Å². The Morgan fingerprint density at radius 3 is 3.00 bits per heavy atom. The molecule has 20 heavy (non-hydrogen) atoms. The zero-order chi connectivity index (χ0) is 14.5. The van der Waals surface area contributed by atoms with Crippen LogP contribution < -0.4 is 0 Å². The lowest BCUT2D eigenvalue weighted by Gasteiger charge is -1.99. The summed E-state index contributed by atoms with van der Waals surface area (Å²) in [5, 5.41) is 0.940. The smallest absolute Gasteiger partial charge is 0.358 e. The maximum Gasteiger partial charge on any atom is 0.358 e. The number of esters is 1. The molecule has 2 aromatic rings. The summed E-state index contributed by atoms with van der Waals surface area (Å²) in [6, 6.07) is 8.12. The number of halogens is 1. The Balaban J connectivity index is 2.04. The van der Waals surface area contributed by atoms with Gasteiger partial charge in [0.1, 0.15) is 5.01 Å². The van der Waals surface area contributed by atoms with Crippen LogP contribution in [0, 0.1) is 6.92 Å². The molecule has 6 heteroatoms. The van der Waals surface area contributed by atoms with Crippen molar-refractivity contribution in [1.29, 1.82) is 0 Å². The molecule has 106 valence electrons. The molecule has 3 nitrogen and oxygen atoms in total. The maximum atomic E-state index is 11.7. The molecule has 0 radical (unpaired) electrons. The Morgan fingerprint density at radius 1 is 1.50 bits per heavy atom. The van der Waals surface area contributed by atoms with E-state index in [1.807, 2.05) is 19.1 Å². The Bertz CT molecular complexity index is 613. The zero-order valence-electron chi connectivity index (χ0n) is 11.2. The molecule has 0 aliphatic heterocycles. The summed E-state index contributed by atoms with van der Waals surface area (Å²) in [7, 11) is 0. The van der Waals surface area contributed by atoms with Crippen LogP contribution in [0.4, 0.5) is 0 Å². The van der Waals surface area contributed by atoms with Gasteiger partial charge in [0.15, 0.2) is 5.69 Å². The first kappa shape index (κ1) is 15.5. The topological polar surface area (TPSA) is 39.2 Å². The number of carbonyl (C=O) groups is 1. The predicted octanol–water partition coefficient (Wildman–Crippen LogP) is 4.68. The van der Waals surface area contributed by atoms with E-state index in [9.17, 15) is 4.79 Å². The van der Waals surface area contributed by atoms with Crippen LogP contribution in [0.2, 0.25) is 0 Å². The number of rotatable bonds is 5. The van der Waals surface area contributed by atoms with Crippen molar-refractivity contribution in [3.8, 4) is 0 Å². The summed E-state index contributed by atoms with van der Waals surface area (Å²) < 4.78 is 6.05. The van der Waals surface area contributed by atoms with Crippen molar-refractivity contribution in [2.75, 3.05) is 6.61 Å². The number of nitrogens with zero attached hydrogens (tertiary/aromatic N) is 1. The molecule has 1 aromatic carbocycles. The molecular weight excluding hydrogens is 358 g/mol. The summed E-state index contributed by atoms with van der Waals surface area (Å²) in [6.07, 6.45) is 0. The number of hydrogen-bond acceptors (Lipinski definition) is 5. The first-order valence-corrected chi connectivity index (χ1v) is 8.71. The second kappa shape index (κ2) is 7.24. The molecule has 0 saturated heterocycles. The highest BCUT2D eigenvalue weighted by molar-refractivity contribution is 9.10. The van der Waals surface area contributed by atoms with Crippen molar-refractivity contribution >= 4 is 45.0 Å². The molecule has 0 bridgehead atoms. The number of thioether (sulfide) groups is 1. The average Bonchev–Trinajstić information content (AvgIpc) is 2.78. The maximum absolute atomic E-state index is 11.7. The quantitative estimate of drug-likeness (QED) is 0.564. The number of aromatic nitrogens is 1. The van der Waals surface area contributed by atoms with Gasteiger partial charge in [-0.3, -0.25) is 0 Å². The van der Waals surface area contributed by atoms with Gasteiger partial charge in [0.25, 0.3) is 0 Å². The number of aryl methyl sites for hydroxylation is 1. The molecule has 0 amide bonds. The number of ether oxygens (including phenoxy) is 1. The monoisotopic (exact) mass is 371 g/mol. The molecule has 0 saturated carbocycles. The van der Waals surface area contributed by atoms with E-state index in [0.717, 1.165) is 20.1 Å². The van der Waals surface area contributed by atoms with Gasteiger partial charge in [-0.15, -0.1) is 23.1 Å². The van der Waals surface area contributed by atoms with E-state index in [1.165, 1.54) is 4.90 Å². The van der Waals surface area contributed by atoms with Crippen LogP contribution in [0.15, 0.2) is 33.6 Å². The second-order valence-corrected chi connectivity index (χ2v) is 7.23. The van der Waals surface area contributed by atoms with E-state index in [2.05, 4.69) is 33.0 Å². The fraction of sp³-hybridized carbons (Fsp3) is 0.286. The van der Waals surface area contributed by atoms with E-state index in [0.29, 0.717) is 12.3 Å².